The van der Waals surface area contributed by atoms with Crippen molar-refractivity contribution in [3.63, 3.8) is 0 Å². The van der Waals surface area contributed by atoms with E-state index in [-0.39, 0.29) is 24.0 Å². The van der Waals surface area contributed by atoms with Crippen molar-refractivity contribution in [3.8, 4) is 0 Å². The molecule has 0 aromatic heterocycles. The molecule has 0 saturated carbocycles. The Hall–Kier alpha value is -1.55. The number of nitrogens with two attached hydrogens (primary N) is 1. The number of nitrogens with zero attached hydrogens (tertiary/aromatic N) is 1. The van der Waals surface area contributed by atoms with E-state index >= 15 is 0 Å². The van der Waals surface area contributed by atoms with Crippen molar-refractivity contribution in [1.82, 2.24) is 5.32 Å². The Morgan fingerprint density at radius 2 is 2.14 bits per heavy atom. The van der Waals surface area contributed by atoms with Crippen LogP contribution in [-0.2, 0) is 4.79 Å². The van der Waals surface area contributed by atoms with Gasteiger partial charge in [0, 0.05) is 24.3 Å². The highest BCUT2D eigenvalue weighted by molar-refractivity contribution is 5.85. The lowest BCUT2D eigenvalue weighted by Crippen LogP contribution is -2.50. The van der Waals surface area contributed by atoms with Crippen LogP contribution >= 0.6 is 0 Å². The number of fused-ring (bicyclic) bond motifs is 1. The van der Waals surface area contributed by atoms with Gasteiger partial charge >= 0.3 is 0 Å². The van der Waals surface area contributed by atoms with E-state index in [0.717, 1.165) is 37.1 Å². The molecule has 1 aromatic rings. The van der Waals surface area contributed by atoms with Crippen molar-refractivity contribution < 1.29 is 4.79 Å². The van der Waals surface area contributed by atoms with E-state index in [9.17, 15) is 4.79 Å². The van der Waals surface area contributed by atoms with Gasteiger partial charge in [-0.2, -0.15) is 0 Å². The second-order valence-electron chi connectivity index (χ2n) is 6.02. The van der Waals surface area contributed by atoms with Gasteiger partial charge in [-0.15, -0.1) is 0 Å². The van der Waals surface area contributed by atoms with Crippen LogP contribution in [0.5, 0.6) is 0 Å². The number of hydrogen-bond donors (Lipinski definition) is 2. The number of anilines is 1. The molecule has 0 fully saturated rings. The molecule has 2 rings (SSSR count). The Bertz CT molecular complexity index is 489. The zero-order valence-electron chi connectivity index (χ0n) is 13.3. The third-order valence-electron chi connectivity index (χ3n) is 4.28. The first-order chi connectivity index (χ1) is 10.0. The Balaban J connectivity index is 2.11. The summed E-state index contributed by atoms with van der Waals surface area (Å²) in [5.41, 5.74) is 8.42. The molecule has 1 aliphatic heterocycles. The fourth-order valence-corrected chi connectivity index (χ4v) is 3.03. The number of amides is 1. The van der Waals surface area contributed by atoms with Gasteiger partial charge in [-0.05, 0) is 38.3 Å². The van der Waals surface area contributed by atoms with Crippen molar-refractivity contribution in [2.75, 3.05) is 11.4 Å². The summed E-state index contributed by atoms with van der Waals surface area (Å²) in [4.78, 5) is 14.6. The number of nitrogens with one attached hydrogen (secondary N) is 1. The second kappa shape index (κ2) is 6.94. The molecule has 21 heavy (non-hydrogen) atoms. The smallest absolute Gasteiger partial charge is 0.242 e. The van der Waals surface area contributed by atoms with Gasteiger partial charge in [0.05, 0.1) is 0 Å². The van der Waals surface area contributed by atoms with Crippen LogP contribution in [0.1, 0.15) is 51.6 Å². The summed E-state index contributed by atoms with van der Waals surface area (Å²) < 4.78 is 0. The quantitative estimate of drug-likeness (QED) is 0.876. The number of rotatable bonds is 5. The van der Waals surface area contributed by atoms with Gasteiger partial charge in [0.2, 0.25) is 5.91 Å². The first kappa shape index (κ1) is 15.8. The molecule has 116 valence electrons. The third-order valence-corrected chi connectivity index (χ3v) is 4.28. The summed E-state index contributed by atoms with van der Waals surface area (Å²) in [6.07, 6.45) is 2.98. The van der Waals surface area contributed by atoms with Gasteiger partial charge in [0.15, 0.2) is 0 Å². The fourth-order valence-electron chi connectivity index (χ4n) is 3.03. The van der Waals surface area contributed by atoms with E-state index in [0.29, 0.717) is 0 Å². The number of carbonyl (C=O) groups is 1. The molecule has 3 atom stereocenters. The number of para-hydroxylation sites is 1. The highest BCUT2D eigenvalue weighted by Crippen LogP contribution is 2.33. The predicted molar refractivity (Wildman–Crippen MR) is 87.3 cm³/mol. The maximum Gasteiger partial charge on any atom is 0.242 e. The highest BCUT2D eigenvalue weighted by atomic mass is 16.2. The van der Waals surface area contributed by atoms with Crippen LogP contribution in [-0.4, -0.2) is 24.5 Å². The average molecular weight is 289 g/mol. The minimum Gasteiger partial charge on any atom is -0.359 e. The van der Waals surface area contributed by atoms with Gasteiger partial charge < -0.3 is 16.0 Å². The van der Waals surface area contributed by atoms with Gasteiger partial charge in [-0.1, -0.05) is 31.5 Å². The van der Waals surface area contributed by atoms with Crippen molar-refractivity contribution in [2.45, 2.75) is 58.2 Å². The fraction of sp³-hybridized carbons (Fsp3) is 0.588. The molecule has 1 aromatic carbocycles. The van der Waals surface area contributed by atoms with E-state index in [1.54, 1.807) is 0 Å². The molecule has 0 spiro atoms. The number of carbonyl (C=O) groups excluding carboxylic acids is 1. The third kappa shape index (κ3) is 3.56. The summed E-state index contributed by atoms with van der Waals surface area (Å²) in [6.45, 7) is 7.00. The molecule has 1 amide bonds. The van der Waals surface area contributed by atoms with Gasteiger partial charge in [0.25, 0.3) is 0 Å². The lowest BCUT2D eigenvalue weighted by atomic mass is 9.96. The van der Waals surface area contributed by atoms with E-state index in [1.165, 1.54) is 0 Å². The molecule has 0 radical (unpaired) electrons. The Kier molecular flexibility index (Phi) is 5.23. The Labute approximate surface area is 127 Å². The minimum atomic E-state index is -0.169. The molecule has 0 bridgehead atoms. The summed E-state index contributed by atoms with van der Waals surface area (Å²) in [7, 11) is 0. The van der Waals surface area contributed by atoms with Crippen LogP contribution in [0.2, 0.25) is 0 Å². The zero-order valence-corrected chi connectivity index (χ0v) is 13.3. The normalized spacial score (nSPS) is 20.6. The molecule has 0 saturated heterocycles. The minimum absolute atomic E-state index is 0.0757. The van der Waals surface area contributed by atoms with Crippen molar-refractivity contribution >= 4 is 11.6 Å². The summed E-state index contributed by atoms with van der Waals surface area (Å²) in [5, 5.41) is 3.11. The highest BCUT2D eigenvalue weighted by Gasteiger charge is 2.29. The molecule has 0 aliphatic carbocycles. The lowest BCUT2D eigenvalue weighted by molar-refractivity contribution is -0.122. The molecule has 3 N–H and O–H groups in total. The van der Waals surface area contributed by atoms with Crippen LogP contribution in [0.15, 0.2) is 24.3 Å². The lowest BCUT2D eigenvalue weighted by Gasteiger charge is -2.38. The van der Waals surface area contributed by atoms with Crippen LogP contribution in [0.25, 0.3) is 0 Å². The van der Waals surface area contributed by atoms with Crippen molar-refractivity contribution in [2.24, 2.45) is 5.73 Å². The molecular weight excluding hydrogens is 262 g/mol. The van der Waals surface area contributed by atoms with Crippen molar-refractivity contribution in [3.05, 3.63) is 29.8 Å². The number of hydrogen-bond acceptors (Lipinski definition) is 3. The SMILES string of the molecule is CCCC(C)NC(=O)C(C)N1CCC(N)c2ccccc21. The van der Waals surface area contributed by atoms with E-state index in [4.69, 9.17) is 5.73 Å². The van der Waals surface area contributed by atoms with Crippen LogP contribution in [0.4, 0.5) is 5.69 Å². The second-order valence-corrected chi connectivity index (χ2v) is 6.02. The Morgan fingerprint density at radius 3 is 2.86 bits per heavy atom. The summed E-state index contributed by atoms with van der Waals surface area (Å²) in [6, 6.07) is 8.28. The standard InChI is InChI=1S/C17H27N3O/c1-4-7-12(2)19-17(21)13(3)20-11-10-15(18)14-8-5-6-9-16(14)20/h5-6,8-9,12-13,15H,4,7,10-11,18H2,1-3H3,(H,19,21). The largest absolute Gasteiger partial charge is 0.359 e. The Morgan fingerprint density at radius 1 is 1.43 bits per heavy atom. The molecule has 1 aliphatic rings. The topological polar surface area (TPSA) is 58.4 Å². The van der Waals surface area contributed by atoms with Crippen LogP contribution in [0, 0.1) is 0 Å². The molecule has 3 unspecified atom stereocenters. The molecule has 1 heterocycles. The predicted octanol–water partition coefficient (Wildman–Crippen LogP) is 2.59. The summed E-state index contributed by atoms with van der Waals surface area (Å²) >= 11 is 0. The van der Waals surface area contributed by atoms with E-state index in [2.05, 4.69) is 36.2 Å². The average Bonchev–Trinajstić information content (AvgIpc) is 2.47. The zero-order chi connectivity index (χ0) is 15.4. The van der Waals surface area contributed by atoms with Crippen LogP contribution in [0.3, 0.4) is 0 Å². The summed E-state index contributed by atoms with van der Waals surface area (Å²) in [5.74, 6) is 0.0984. The molecule has 4 nitrogen and oxygen atoms in total. The first-order valence-corrected chi connectivity index (χ1v) is 7.96. The van der Waals surface area contributed by atoms with Gasteiger partial charge in [0.1, 0.15) is 6.04 Å². The van der Waals surface area contributed by atoms with Gasteiger partial charge in [-0.25, -0.2) is 0 Å². The molecule has 4 heteroatoms. The van der Waals surface area contributed by atoms with Gasteiger partial charge in [-0.3, -0.25) is 4.79 Å². The monoisotopic (exact) mass is 289 g/mol. The molecular formula is C17H27N3O. The number of benzene rings is 1. The maximum atomic E-state index is 12.4. The van der Waals surface area contributed by atoms with Crippen molar-refractivity contribution in [1.29, 1.82) is 0 Å². The first-order valence-electron chi connectivity index (χ1n) is 7.96. The van der Waals surface area contributed by atoms with Crippen LogP contribution < -0.4 is 16.0 Å². The van der Waals surface area contributed by atoms with E-state index < -0.39 is 0 Å². The van der Waals surface area contributed by atoms with E-state index in [1.807, 2.05) is 19.1 Å². The maximum absolute atomic E-state index is 12.4.